The van der Waals surface area contributed by atoms with Crippen LogP contribution >= 0.6 is 0 Å². The highest BCUT2D eigenvalue weighted by atomic mass is 16.6. The number of quaternary nitrogens is 1. The molecular formula is C49H78NO7+. The van der Waals surface area contributed by atoms with Crippen molar-refractivity contribution in [2.75, 3.05) is 41.0 Å². The summed E-state index contributed by atoms with van der Waals surface area (Å²) in [7, 11) is 5.48. The molecule has 0 saturated carbocycles. The first-order chi connectivity index (χ1) is 27.6. The Morgan fingerprint density at radius 2 is 1.04 bits per heavy atom. The molecule has 1 N–H and O–H groups in total. The summed E-state index contributed by atoms with van der Waals surface area (Å²) in [4.78, 5) is 36.9. The Kier molecular flexibility index (Phi) is 36.1. The molecule has 0 aliphatic rings. The Hall–Kier alpha value is -4.01. The summed E-state index contributed by atoms with van der Waals surface area (Å²) in [5.74, 6) is -1.59. The molecule has 0 spiro atoms. The Bertz CT molecular complexity index is 1290. The second-order valence-electron chi connectivity index (χ2n) is 14.9. The molecule has 2 unspecified atom stereocenters. The molecule has 0 aliphatic carbocycles. The van der Waals surface area contributed by atoms with E-state index in [4.69, 9.17) is 14.2 Å². The lowest BCUT2D eigenvalue weighted by atomic mass is 10.1. The topological polar surface area (TPSA) is 99.1 Å². The minimum absolute atomic E-state index is 0.0264. The highest BCUT2D eigenvalue weighted by Gasteiger charge is 2.31. The first kappa shape index (κ1) is 53.0. The SMILES string of the molecule is CC/C=C/C=C/C=C/CCCCCCCC(=O)OC(COCCC(C(=O)O)[N+](C)(C)C)COC(=O)CCC/C=C/C/C=C/C/C=C/C/C=C/C/C=C/C/C=C/CC. The number of rotatable bonds is 36. The van der Waals surface area contributed by atoms with E-state index in [1.807, 2.05) is 33.3 Å². The van der Waals surface area contributed by atoms with E-state index in [1.54, 1.807) is 0 Å². The van der Waals surface area contributed by atoms with Crippen molar-refractivity contribution in [3.05, 3.63) is 109 Å². The third kappa shape index (κ3) is 37.3. The van der Waals surface area contributed by atoms with E-state index >= 15 is 0 Å². The first-order valence-electron chi connectivity index (χ1n) is 21.5. The second-order valence-corrected chi connectivity index (χ2v) is 14.9. The lowest BCUT2D eigenvalue weighted by molar-refractivity contribution is -0.887. The van der Waals surface area contributed by atoms with Crippen LogP contribution in [0, 0.1) is 0 Å². The molecule has 0 aliphatic heterocycles. The van der Waals surface area contributed by atoms with Crippen molar-refractivity contribution in [3.63, 3.8) is 0 Å². The Morgan fingerprint density at radius 3 is 1.60 bits per heavy atom. The summed E-state index contributed by atoms with van der Waals surface area (Å²) < 4.78 is 17.2. The Labute approximate surface area is 347 Å². The van der Waals surface area contributed by atoms with E-state index in [1.165, 1.54) is 0 Å². The van der Waals surface area contributed by atoms with Gasteiger partial charge in [0.05, 0.1) is 34.4 Å². The monoisotopic (exact) mass is 793 g/mol. The molecule has 0 aromatic heterocycles. The van der Waals surface area contributed by atoms with Crippen molar-refractivity contribution < 1.29 is 38.2 Å². The molecule has 0 saturated heterocycles. The number of carboxylic acid groups (broad SMARTS) is 1. The maximum absolute atomic E-state index is 12.7. The number of hydrogen-bond donors (Lipinski definition) is 1. The van der Waals surface area contributed by atoms with E-state index in [0.29, 0.717) is 12.8 Å². The van der Waals surface area contributed by atoms with Crippen LogP contribution in [-0.2, 0) is 28.6 Å². The van der Waals surface area contributed by atoms with E-state index in [2.05, 4.69) is 111 Å². The molecule has 320 valence electrons. The van der Waals surface area contributed by atoms with Gasteiger partial charge in [-0.05, 0) is 77.0 Å². The molecule has 2 atom stereocenters. The van der Waals surface area contributed by atoms with Gasteiger partial charge < -0.3 is 23.8 Å². The number of carbonyl (C=O) groups is 3. The lowest BCUT2D eigenvalue weighted by Gasteiger charge is -2.31. The number of esters is 2. The van der Waals surface area contributed by atoms with Crippen LogP contribution in [0.1, 0.15) is 129 Å². The van der Waals surface area contributed by atoms with Gasteiger partial charge in [0.25, 0.3) is 0 Å². The highest BCUT2D eigenvalue weighted by Crippen LogP contribution is 2.12. The third-order valence-electron chi connectivity index (χ3n) is 8.73. The van der Waals surface area contributed by atoms with Gasteiger partial charge in [0.15, 0.2) is 12.1 Å². The molecule has 0 rings (SSSR count). The van der Waals surface area contributed by atoms with Gasteiger partial charge in [-0.25, -0.2) is 4.79 Å². The number of hydrogen-bond acceptors (Lipinski definition) is 6. The number of carbonyl (C=O) groups excluding carboxylic acids is 2. The van der Waals surface area contributed by atoms with Crippen LogP contribution in [0.25, 0.3) is 0 Å². The van der Waals surface area contributed by atoms with Crippen LogP contribution in [0.2, 0.25) is 0 Å². The highest BCUT2D eigenvalue weighted by molar-refractivity contribution is 5.72. The standard InChI is InChI=1S/C49H77NO7/c1-6-8-10-12-14-16-18-20-21-22-23-24-25-26-28-29-31-33-35-37-39-47(51)56-44-45(43-55-42-41-46(49(53)54)50(3,4)5)57-48(52)40-38-36-34-32-30-27-19-17-15-13-11-9-7-2/h8-11,13-17,19-21,23-24,26,28,31,33,45-46H,6-7,12,18,22,25,27,29-30,32,34-44H2,1-5H3/p+1/b10-8+,11-9+,15-13+,16-14+,19-17+,21-20+,24-23+,28-26+,33-31+. The fourth-order valence-corrected chi connectivity index (χ4v) is 5.45. The van der Waals surface area contributed by atoms with Gasteiger partial charge >= 0.3 is 17.9 Å². The summed E-state index contributed by atoms with van der Waals surface area (Å²) in [5, 5.41) is 9.61. The van der Waals surface area contributed by atoms with Crippen molar-refractivity contribution >= 4 is 17.9 Å². The zero-order valence-electron chi connectivity index (χ0n) is 36.2. The fourth-order valence-electron chi connectivity index (χ4n) is 5.45. The smallest absolute Gasteiger partial charge is 0.362 e. The minimum atomic E-state index is -0.892. The third-order valence-corrected chi connectivity index (χ3v) is 8.73. The zero-order valence-corrected chi connectivity index (χ0v) is 36.2. The predicted molar refractivity (Wildman–Crippen MR) is 238 cm³/mol. The molecule has 0 bridgehead atoms. The van der Waals surface area contributed by atoms with Gasteiger partial charge in [-0.15, -0.1) is 0 Å². The van der Waals surface area contributed by atoms with E-state index < -0.39 is 18.1 Å². The minimum Gasteiger partial charge on any atom is -0.477 e. The number of likely N-dealkylation sites (N-methyl/N-ethyl adjacent to an activating group) is 1. The molecule has 8 nitrogen and oxygen atoms in total. The van der Waals surface area contributed by atoms with Crippen molar-refractivity contribution in [3.8, 4) is 0 Å². The number of unbranched alkanes of at least 4 members (excludes halogenated alkanes) is 6. The van der Waals surface area contributed by atoms with Crippen LogP contribution in [0.3, 0.4) is 0 Å². The quantitative estimate of drug-likeness (QED) is 0.0222. The van der Waals surface area contributed by atoms with Crippen LogP contribution in [-0.4, -0.2) is 80.6 Å². The zero-order chi connectivity index (χ0) is 42.1. The first-order valence-corrected chi connectivity index (χ1v) is 21.5. The summed E-state index contributed by atoms with van der Waals surface area (Å²) in [6.07, 6.45) is 52.8. The average Bonchev–Trinajstić information content (AvgIpc) is 3.17. The van der Waals surface area contributed by atoms with Gasteiger partial charge in [-0.2, -0.15) is 0 Å². The molecule has 57 heavy (non-hydrogen) atoms. The Morgan fingerprint density at radius 1 is 0.544 bits per heavy atom. The van der Waals surface area contributed by atoms with Crippen molar-refractivity contribution in [1.29, 1.82) is 0 Å². The summed E-state index contributed by atoms with van der Waals surface area (Å²) in [6, 6.07) is -0.633. The molecule has 0 aromatic carbocycles. The molecule has 0 radical (unpaired) electrons. The molecule has 8 heteroatoms. The predicted octanol–water partition coefficient (Wildman–Crippen LogP) is 11.7. The molecule has 0 aromatic rings. The van der Waals surface area contributed by atoms with E-state index in [-0.39, 0.29) is 49.1 Å². The van der Waals surface area contributed by atoms with Gasteiger partial charge in [-0.3, -0.25) is 9.59 Å². The van der Waals surface area contributed by atoms with Crippen molar-refractivity contribution in [1.82, 2.24) is 0 Å². The maximum atomic E-state index is 12.7. The fraction of sp³-hybridized carbons (Fsp3) is 0.571. The summed E-state index contributed by atoms with van der Waals surface area (Å²) in [5.41, 5.74) is 0. The number of allylic oxidation sites excluding steroid dienone is 18. The van der Waals surface area contributed by atoms with Gasteiger partial charge in [0, 0.05) is 19.3 Å². The molecular weight excluding hydrogens is 715 g/mol. The number of carboxylic acids is 1. The lowest BCUT2D eigenvalue weighted by Crippen LogP contribution is -2.50. The molecule has 0 amide bonds. The Balaban J connectivity index is 4.50. The summed E-state index contributed by atoms with van der Waals surface area (Å²) in [6.45, 7) is 4.37. The normalized spacial score (nSPS) is 14.1. The largest absolute Gasteiger partial charge is 0.477 e. The van der Waals surface area contributed by atoms with Crippen LogP contribution in [0.15, 0.2) is 109 Å². The van der Waals surface area contributed by atoms with Crippen LogP contribution in [0.5, 0.6) is 0 Å². The summed E-state index contributed by atoms with van der Waals surface area (Å²) >= 11 is 0. The second kappa shape index (κ2) is 38.8. The van der Waals surface area contributed by atoms with E-state index in [0.717, 1.165) is 89.9 Å². The van der Waals surface area contributed by atoms with Gasteiger partial charge in [-0.1, -0.05) is 142 Å². The van der Waals surface area contributed by atoms with Crippen LogP contribution < -0.4 is 0 Å². The molecule has 0 fully saturated rings. The van der Waals surface area contributed by atoms with E-state index in [9.17, 15) is 19.5 Å². The molecule has 0 heterocycles. The van der Waals surface area contributed by atoms with Crippen LogP contribution in [0.4, 0.5) is 0 Å². The number of aliphatic carboxylic acids is 1. The van der Waals surface area contributed by atoms with Crippen molar-refractivity contribution in [2.24, 2.45) is 0 Å². The number of ether oxygens (including phenoxy) is 3. The van der Waals surface area contributed by atoms with Gasteiger partial charge in [0.1, 0.15) is 6.61 Å². The number of nitrogens with zero attached hydrogens (tertiary/aromatic N) is 1. The van der Waals surface area contributed by atoms with Crippen molar-refractivity contribution in [2.45, 2.75) is 142 Å². The maximum Gasteiger partial charge on any atom is 0.362 e. The van der Waals surface area contributed by atoms with Gasteiger partial charge in [0.2, 0.25) is 0 Å². The average molecular weight is 793 g/mol.